The average Bonchev–Trinajstić information content (AvgIpc) is 3.27. The lowest BCUT2D eigenvalue weighted by Crippen LogP contribution is -2.49. The minimum Gasteiger partial charge on any atom is -0.395 e. The monoisotopic (exact) mass is 494 g/mol. The summed E-state index contributed by atoms with van der Waals surface area (Å²) in [5.74, 6) is 0.787. The first-order valence-corrected chi connectivity index (χ1v) is 13.5. The van der Waals surface area contributed by atoms with E-state index < -0.39 is 10.0 Å². The maximum absolute atomic E-state index is 13.6. The second kappa shape index (κ2) is 9.62. The van der Waals surface area contributed by atoms with Crippen molar-refractivity contribution in [1.29, 1.82) is 0 Å². The number of aliphatic hydroxyl groups is 1. The number of aromatic nitrogens is 4. The fourth-order valence-electron chi connectivity index (χ4n) is 4.72. The summed E-state index contributed by atoms with van der Waals surface area (Å²) in [5, 5.41) is 24.6. The number of fused-ring (bicyclic) bond motifs is 3. The minimum absolute atomic E-state index is 0.0750. The molecule has 9 nitrogen and oxygen atoms in total. The molecule has 184 valence electrons. The summed E-state index contributed by atoms with van der Waals surface area (Å²) >= 11 is 0. The summed E-state index contributed by atoms with van der Waals surface area (Å²) in [7, 11) is -3.68. The van der Waals surface area contributed by atoms with Gasteiger partial charge in [0.15, 0.2) is 11.5 Å². The number of piperazine rings is 1. The van der Waals surface area contributed by atoms with E-state index in [0.29, 0.717) is 54.5 Å². The number of sulfonamides is 1. The molecule has 1 N–H and O–H groups in total. The first-order valence-electron chi connectivity index (χ1n) is 12.0. The Morgan fingerprint density at radius 3 is 2.46 bits per heavy atom. The molecule has 35 heavy (non-hydrogen) atoms. The molecule has 0 unspecified atom stereocenters. The second-order valence-electron chi connectivity index (χ2n) is 8.95. The third-order valence-electron chi connectivity index (χ3n) is 6.63. The maximum atomic E-state index is 13.6. The van der Waals surface area contributed by atoms with Crippen molar-refractivity contribution in [3.05, 3.63) is 53.9 Å². The van der Waals surface area contributed by atoms with Crippen molar-refractivity contribution in [3.63, 3.8) is 0 Å². The van der Waals surface area contributed by atoms with E-state index in [-0.39, 0.29) is 6.61 Å². The molecule has 0 radical (unpaired) electrons. The van der Waals surface area contributed by atoms with Crippen molar-refractivity contribution >= 4 is 26.4 Å². The van der Waals surface area contributed by atoms with E-state index in [9.17, 15) is 13.5 Å². The molecule has 0 bridgehead atoms. The summed E-state index contributed by atoms with van der Waals surface area (Å²) < 4.78 is 30.6. The smallest absolute Gasteiger partial charge is 0.243 e. The second-order valence-corrected chi connectivity index (χ2v) is 10.9. The van der Waals surface area contributed by atoms with E-state index in [1.165, 1.54) is 0 Å². The molecule has 1 aliphatic rings. The highest BCUT2D eigenvalue weighted by Crippen LogP contribution is 2.32. The Morgan fingerprint density at radius 1 is 1.00 bits per heavy atom. The zero-order valence-electron chi connectivity index (χ0n) is 20.1. The molecule has 0 spiro atoms. The number of hydrogen-bond donors (Lipinski definition) is 1. The first-order chi connectivity index (χ1) is 16.9. The van der Waals surface area contributed by atoms with Gasteiger partial charge in [-0.3, -0.25) is 4.90 Å². The zero-order valence-corrected chi connectivity index (χ0v) is 20.9. The van der Waals surface area contributed by atoms with E-state index in [1.54, 1.807) is 14.9 Å². The van der Waals surface area contributed by atoms with Crippen LogP contribution in [0.15, 0.2) is 47.4 Å². The summed E-state index contributed by atoms with van der Waals surface area (Å²) in [6.45, 7) is 6.57. The summed E-state index contributed by atoms with van der Waals surface area (Å²) in [6, 6.07) is 13.4. The van der Waals surface area contributed by atoms with Gasteiger partial charge in [-0.25, -0.2) is 8.42 Å². The third-order valence-corrected chi connectivity index (χ3v) is 8.67. The van der Waals surface area contributed by atoms with Gasteiger partial charge in [0, 0.05) is 55.5 Å². The van der Waals surface area contributed by atoms with Gasteiger partial charge in [0.1, 0.15) is 0 Å². The quantitative estimate of drug-likeness (QED) is 0.421. The molecule has 10 heteroatoms. The number of benzene rings is 2. The topological polar surface area (TPSA) is 104 Å². The molecule has 4 aromatic rings. The van der Waals surface area contributed by atoms with Crippen molar-refractivity contribution in [3.8, 4) is 11.3 Å². The summed E-state index contributed by atoms with van der Waals surface area (Å²) in [4.78, 5) is 2.38. The van der Waals surface area contributed by atoms with Gasteiger partial charge in [-0.1, -0.05) is 43.3 Å². The Balaban J connectivity index is 1.60. The number of aliphatic hydroxyl groups excluding tert-OH is 1. The SMILES string of the molecule is CCCc1nnc2c3ccccc3c(-c3ccc(C)c(S(=O)(=O)N4CCN(CCO)CC4)c3)nn12. The summed E-state index contributed by atoms with van der Waals surface area (Å²) in [5.41, 5.74) is 2.85. The Hall–Kier alpha value is -2.92. The largest absolute Gasteiger partial charge is 0.395 e. The molecule has 1 aliphatic heterocycles. The van der Waals surface area contributed by atoms with Crippen LogP contribution in [0.25, 0.3) is 27.7 Å². The van der Waals surface area contributed by atoms with Crippen LogP contribution in [0.4, 0.5) is 0 Å². The molecule has 2 aromatic carbocycles. The first kappa shape index (κ1) is 23.8. The Bertz CT molecular complexity index is 1480. The van der Waals surface area contributed by atoms with Crippen LogP contribution in [0.2, 0.25) is 0 Å². The molecule has 5 rings (SSSR count). The van der Waals surface area contributed by atoms with Crippen LogP contribution in [0.1, 0.15) is 24.7 Å². The number of rotatable bonds is 7. The van der Waals surface area contributed by atoms with Gasteiger partial charge in [-0.2, -0.15) is 13.9 Å². The molecule has 0 amide bonds. The van der Waals surface area contributed by atoms with Gasteiger partial charge in [-0.05, 0) is 25.0 Å². The standard InChI is InChI=1S/C25H30N6O3S/c1-3-6-23-26-27-25-21-8-5-4-7-20(21)24(28-31(23)25)19-10-9-18(2)22(17-19)35(33,34)30-13-11-29(12-14-30)15-16-32/h4-5,7-10,17,32H,3,6,11-16H2,1-2H3. The highest BCUT2D eigenvalue weighted by molar-refractivity contribution is 7.89. The number of nitrogens with zero attached hydrogens (tertiary/aromatic N) is 6. The van der Waals surface area contributed by atoms with Gasteiger partial charge in [0.25, 0.3) is 0 Å². The molecular formula is C25H30N6O3S. The van der Waals surface area contributed by atoms with Gasteiger partial charge in [0.05, 0.1) is 17.2 Å². The molecule has 1 saturated heterocycles. The van der Waals surface area contributed by atoms with Gasteiger partial charge in [-0.15, -0.1) is 10.2 Å². The van der Waals surface area contributed by atoms with Crippen LogP contribution in [0, 0.1) is 6.92 Å². The van der Waals surface area contributed by atoms with Crippen LogP contribution >= 0.6 is 0 Å². The number of β-amino-alcohol motifs (C(OH)–C–C–N with tert-alkyl or cyclic N) is 1. The number of hydrogen-bond acceptors (Lipinski definition) is 7. The lowest BCUT2D eigenvalue weighted by Gasteiger charge is -2.33. The number of aryl methyl sites for hydroxylation is 2. The van der Waals surface area contributed by atoms with Gasteiger partial charge in [0.2, 0.25) is 10.0 Å². The Kier molecular flexibility index (Phi) is 6.54. The van der Waals surface area contributed by atoms with E-state index >= 15 is 0 Å². The molecule has 0 saturated carbocycles. The lowest BCUT2D eigenvalue weighted by molar-refractivity contribution is 0.151. The molecular weight excluding hydrogens is 464 g/mol. The highest BCUT2D eigenvalue weighted by atomic mass is 32.2. The van der Waals surface area contributed by atoms with E-state index in [2.05, 4.69) is 22.0 Å². The molecule has 2 aromatic heterocycles. The molecule has 3 heterocycles. The van der Waals surface area contributed by atoms with Crippen LogP contribution in [0.3, 0.4) is 0 Å². The van der Waals surface area contributed by atoms with Crippen LogP contribution in [-0.4, -0.2) is 81.9 Å². The van der Waals surface area contributed by atoms with Crippen molar-refractivity contribution < 1.29 is 13.5 Å². The third kappa shape index (κ3) is 4.31. The molecule has 0 aliphatic carbocycles. The highest BCUT2D eigenvalue weighted by Gasteiger charge is 2.30. The van der Waals surface area contributed by atoms with Crippen LogP contribution in [-0.2, 0) is 16.4 Å². The predicted molar refractivity (Wildman–Crippen MR) is 135 cm³/mol. The van der Waals surface area contributed by atoms with Crippen LogP contribution < -0.4 is 0 Å². The molecule has 1 fully saturated rings. The van der Waals surface area contributed by atoms with E-state index in [1.807, 2.05) is 43.3 Å². The Labute approximate surface area is 205 Å². The predicted octanol–water partition coefficient (Wildman–Crippen LogP) is 2.50. The van der Waals surface area contributed by atoms with Crippen molar-refractivity contribution in [2.24, 2.45) is 0 Å². The van der Waals surface area contributed by atoms with Crippen LogP contribution in [0.5, 0.6) is 0 Å². The Morgan fingerprint density at radius 2 is 1.74 bits per heavy atom. The van der Waals surface area contributed by atoms with E-state index in [0.717, 1.165) is 35.0 Å². The van der Waals surface area contributed by atoms with Crippen molar-refractivity contribution in [1.82, 2.24) is 29.0 Å². The fraction of sp³-hybridized carbons (Fsp3) is 0.400. The minimum atomic E-state index is -3.68. The average molecular weight is 495 g/mol. The normalized spacial score (nSPS) is 15.9. The van der Waals surface area contributed by atoms with E-state index in [4.69, 9.17) is 5.10 Å². The molecule has 0 atom stereocenters. The van der Waals surface area contributed by atoms with Gasteiger partial charge < -0.3 is 5.11 Å². The van der Waals surface area contributed by atoms with Gasteiger partial charge >= 0.3 is 0 Å². The van der Waals surface area contributed by atoms with Crippen molar-refractivity contribution in [2.45, 2.75) is 31.6 Å². The lowest BCUT2D eigenvalue weighted by atomic mass is 10.0. The fourth-order valence-corrected chi connectivity index (χ4v) is 6.39. The maximum Gasteiger partial charge on any atom is 0.243 e. The zero-order chi connectivity index (χ0) is 24.6. The van der Waals surface area contributed by atoms with Crippen molar-refractivity contribution in [2.75, 3.05) is 39.3 Å². The summed E-state index contributed by atoms with van der Waals surface area (Å²) in [6.07, 6.45) is 1.67.